The summed E-state index contributed by atoms with van der Waals surface area (Å²) in [5.41, 5.74) is 7.51. The fraction of sp³-hybridized carbons (Fsp3) is 0.538. The number of hydrogen-bond donors (Lipinski definition) is 2. The van der Waals surface area contributed by atoms with Crippen LogP contribution in [-0.4, -0.2) is 24.3 Å². The molecular formula is C13H21ClN2O. The highest BCUT2D eigenvalue weighted by molar-refractivity contribution is 6.33. The molecule has 0 atom stereocenters. The van der Waals surface area contributed by atoms with Crippen LogP contribution in [0.15, 0.2) is 18.2 Å². The summed E-state index contributed by atoms with van der Waals surface area (Å²) in [4.78, 5) is 2.14. The van der Waals surface area contributed by atoms with E-state index < -0.39 is 0 Å². The van der Waals surface area contributed by atoms with Crippen LogP contribution in [-0.2, 0) is 0 Å². The number of halogens is 1. The van der Waals surface area contributed by atoms with Crippen LogP contribution in [0.25, 0.3) is 0 Å². The molecule has 96 valence electrons. The highest BCUT2D eigenvalue weighted by Crippen LogP contribution is 2.32. The zero-order valence-electron chi connectivity index (χ0n) is 10.5. The standard InChI is InChI=1S/C13H21ClN2O/c1-3-10(4-2)16(8-9-17)12-7-5-6-11(14)13(12)15/h5-7,10,17H,3-4,8-9,15H2,1-2H3. The molecule has 1 rings (SSSR count). The van der Waals surface area contributed by atoms with Crippen LogP contribution in [0.5, 0.6) is 0 Å². The minimum Gasteiger partial charge on any atom is -0.396 e. The predicted octanol–water partition coefficient (Wildman–Crippen LogP) is 2.91. The number of nitrogen functional groups attached to an aromatic ring is 1. The van der Waals surface area contributed by atoms with Crippen molar-refractivity contribution in [2.75, 3.05) is 23.8 Å². The molecule has 0 saturated heterocycles. The monoisotopic (exact) mass is 256 g/mol. The first-order valence-corrected chi connectivity index (χ1v) is 6.44. The van der Waals surface area contributed by atoms with Crippen molar-refractivity contribution >= 4 is 23.0 Å². The van der Waals surface area contributed by atoms with E-state index >= 15 is 0 Å². The van der Waals surface area contributed by atoms with E-state index in [4.69, 9.17) is 17.3 Å². The van der Waals surface area contributed by atoms with Gasteiger partial charge in [-0.15, -0.1) is 0 Å². The van der Waals surface area contributed by atoms with Crippen molar-refractivity contribution in [1.82, 2.24) is 0 Å². The lowest BCUT2D eigenvalue weighted by Crippen LogP contribution is -2.37. The number of benzene rings is 1. The second kappa shape index (κ2) is 6.72. The summed E-state index contributed by atoms with van der Waals surface area (Å²) < 4.78 is 0. The molecular weight excluding hydrogens is 236 g/mol. The summed E-state index contributed by atoms with van der Waals surface area (Å²) in [6, 6.07) is 6.00. The number of nitrogens with zero attached hydrogens (tertiary/aromatic N) is 1. The van der Waals surface area contributed by atoms with E-state index in [1.807, 2.05) is 12.1 Å². The summed E-state index contributed by atoms with van der Waals surface area (Å²) in [6.07, 6.45) is 2.03. The summed E-state index contributed by atoms with van der Waals surface area (Å²) in [5, 5.41) is 9.75. The molecule has 17 heavy (non-hydrogen) atoms. The van der Waals surface area contributed by atoms with Gasteiger partial charge in [0.05, 0.1) is 23.0 Å². The van der Waals surface area contributed by atoms with Gasteiger partial charge in [0, 0.05) is 12.6 Å². The van der Waals surface area contributed by atoms with Crippen LogP contribution in [0.2, 0.25) is 5.02 Å². The molecule has 1 aromatic rings. The molecule has 0 saturated carbocycles. The number of rotatable bonds is 6. The topological polar surface area (TPSA) is 49.5 Å². The molecule has 0 aliphatic rings. The van der Waals surface area contributed by atoms with Crippen molar-refractivity contribution in [2.45, 2.75) is 32.7 Å². The van der Waals surface area contributed by atoms with Crippen LogP contribution in [0.1, 0.15) is 26.7 Å². The Morgan fingerprint density at radius 1 is 1.35 bits per heavy atom. The molecule has 0 heterocycles. The van der Waals surface area contributed by atoms with Crippen LogP contribution in [0.3, 0.4) is 0 Å². The molecule has 0 aliphatic carbocycles. The van der Waals surface area contributed by atoms with E-state index in [-0.39, 0.29) is 6.61 Å². The third-order valence-electron chi connectivity index (χ3n) is 3.06. The first-order chi connectivity index (χ1) is 8.15. The molecule has 3 nitrogen and oxygen atoms in total. The number of nitrogens with two attached hydrogens (primary N) is 1. The van der Waals surface area contributed by atoms with Crippen molar-refractivity contribution in [3.63, 3.8) is 0 Å². The zero-order chi connectivity index (χ0) is 12.8. The fourth-order valence-corrected chi connectivity index (χ4v) is 2.28. The Bertz CT molecular complexity index is 353. The second-order valence-electron chi connectivity index (χ2n) is 4.06. The number of aliphatic hydroxyl groups excluding tert-OH is 1. The molecule has 1 aromatic carbocycles. The SMILES string of the molecule is CCC(CC)N(CCO)c1cccc(Cl)c1N. The minimum absolute atomic E-state index is 0.114. The Kier molecular flexibility index (Phi) is 5.59. The van der Waals surface area contributed by atoms with Gasteiger partial charge in [-0.05, 0) is 25.0 Å². The Morgan fingerprint density at radius 2 is 2.00 bits per heavy atom. The van der Waals surface area contributed by atoms with Gasteiger partial charge in [0.1, 0.15) is 0 Å². The van der Waals surface area contributed by atoms with Gasteiger partial charge in [0.2, 0.25) is 0 Å². The Morgan fingerprint density at radius 3 is 2.53 bits per heavy atom. The van der Waals surface area contributed by atoms with E-state index in [2.05, 4.69) is 18.7 Å². The number of anilines is 2. The molecule has 0 radical (unpaired) electrons. The molecule has 0 amide bonds. The number of para-hydroxylation sites is 1. The summed E-state index contributed by atoms with van der Waals surface area (Å²) in [7, 11) is 0. The smallest absolute Gasteiger partial charge is 0.0741 e. The molecule has 0 bridgehead atoms. The first-order valence-electron chi connectivity index (χ1n) is 6.07. The van der Waals surface area contributed by atoms with Crippen molar-refractivity contribution in [3.8, 4) is 0 Å². The van der Waals surface area contributed by atoms with Crippen LogP contribution in [0.4, 0.5) is 11.4 Å². The first kappa shape index (κ1) is 14.1. The maximum absolute atomic E-state index is 9.18. The van der Waals surface area contributed by atoms with Gasteiger partial charge in [0.15, 0.2) is 0 Å². The van der Waals surface area contributed by atoms with Crippen molar-refractivity contribution < 1.29 is 5.11 Å². The Balaban J connectivity index is 3.08. The average Bonchev–Trinajstić information content (AvgIpc) is 2.33. The molecule has 0 aliphatic heterocycles. The van der Waals surface area contributed by atoms with Crippen molar-refractivity contribution in [3.05, 3.63) is 23.2 Å². The van der Waals surface area contributed by atoms with Crippen LogP contribution >= 0.6 is 11.6 Å². The van der Waals surface area contributed by atoms with Gasteiger partial charge < -0.3 is 15.7 Å². The minimum atomic E-state index is 0.114. The van der Waals surface area contributed by atoms with Gasteiger partial charge in [-0.3, -0.25) is 0 Å². The van der Waals surface area contributed by atoms with Gasteiger partial charge in [-0.1, -0.05) is 31.5 Å². The maximum Gasteiger partial charge on any atom is 0.0741 e. The summed E-state index contributed by atoms with van der Waals surface area (Å²) in [5.74, 6) is 0. The Labute approximate surface area is 108 Å². The number of aliphatic hydroxyl groups is 1. The third kappa shape index (κ3) is 3.27. The van der Waals surface area contributed by atoms with Gasteiger partial charge >= 0.3 is 0 Å². The molecule has 0 unspecified atom stereocenters. The van der Waals surface area contributed by atoms with Gasteiger partial charge in [-0.2, -0.15) is 0 Å². The molecule has 0 fully saturated rings. The van der Waals surface area contributed by atoms with E-state index in [9.17, 15) is 5.11 Å². The molecule has 0 spiro atoms. The quantitative estimate of drug-likeness (QED) is 0.770. The van der Waals surface area contributed by atoms with E-state index in [0.29, 0.717) is 23.3 Å². The largest absolute Gasteiger partial charge is 0.396 e. The van der Waals surface area contributed by atoms with Crippen LogP contribution in [0, 0.1) is 0 Å². The van der Waals surface area contributed by atoms with Crippen LogP contribution < -0.4 is 10.6 Å². The highest BCUT2D eigenvalue weighted by atomic mass is 35.5. The normalized spacial score (nSPS) is 10.9. The predicted molar refractivity (Wildman–Crippen MR) is 74.7 cm³/mol. The summed E-state index contributed by atoms with van der Waals surface area (Å²) in [6.45, 7) is 4.97. The van der Waals surface area contributed by atoms with Crippen molar-refractivity contribution in [2.24, 2.45) is 0 Å². The maximum atomic E-state index is 9.18. The van der Waals surface area contributed by atoms with E-state index in [0.717, 1.165) is 18.5 Å². The summed E-state index contributed by atoms with van der Waals surface area (Å²) >= 11 is 6.03. The second-order valence-corrected chi connectivity index (χ2v) is 4.47. The fourth-order valence-electron chi connectivity index (χ4n) is 2.11. The van der Waals surface area contributed by atoms with E-state index in [1.54, 1.807) is 6.07 Å². The van der Waals surface area contributed by atoms with Gasteiger partial charge in [0.25, 0.3) is 0 Å². The van der Waals surface area contributed by atoms with Crippen molar-refractivity contribution in [1.29, 1.82) is 0 Å². The lowest BCUT2D eigenvalue weighted by molar-refractivity contribution is 0.296. The lowest BCUT2D eigenvalue weighted by Gasteiger charge is -2.33. The Hall–Kier alpha value is -0.930. The lowest BCUT2D eigenvalue weighted by atomic mass is 10.1. The van der Waals surface area contributed by atoms with Gasteiger partial charge in [-0.25, -0.2) is 0 Å². The molecule has 3 N–H and O–H groups in total. The highest BCUT2D eigenvalue weighted by Gasteiger charge is 2.18. The average molecular weight is 257 g/mol. The third-order valence-corrected chi connectivity index (χ3v) is 3.39. The zero-order valence-corrected chi connectivity index (χ0v) is 11.2. The van der Waals surface area contributed by atoms with E-state index in [1.165, 1.54) is 0 Å². The molecule has 0 aromatic heterocycles. The number of hydrogen-bond acceptors (Lipinski definition) is 3. The molecule has 4 heteroatoms.